The van der Waals surface area contributed by atoms with Gasteiger partial charge in [-0.25, -0.2) is 0 Å². The van der Waals surface area contributed by atoms with Crippen molar-refractivity contribution in [1.82, 2.24) is 4.90 Å². The van der Waals surface area contributed by atoms with Gasteiger partial charge in [0.1, 0.15) is 35.6 Å². The van der Waals surface area contributed by atoms with Gasteiger partial charge >= 0.3 is 0 Å². The number of non-ortho nitro benzene ring substituents is 1. The van der Waals surface area contributed by atoms with Gasteiger partial charge in [0.2, 0.25) is 11.7 Å². The second-order valence-corrected chi connectivity index (χ2v) is 18.7. The smallest absolute Gasteiger partial charge is 0.269 e. The molecule has 4 aliphatic rings. The molecule has 6 unspecified atom stereocenters. The van der Waals surface area contributed by atoms with Gasteiger partial charge in [-0.3, -0.25) is 19.7 Å². The van der Waals surface area contributed by atoms with Gasteiger partial charge in [0, 0.05) is 56.2 Å². The van der Waals surface area contributed by atoms with Gasteiger partial charge in [-0.05, 0) is 110 Å². The normalized spacial score (nSPS) is 23.1. The van der Waals surface area contributed by atoms with Crippen molar-refractivity contribution in [2.45, 2.75) is 108 Å². The maximum absolute atomic E-state index is 15.0. The number of benzene rings is 3. The average Bonchev–Trinajstić information content (AvgIpc) is 3.90. The zero-order chi connectivity index (χ0) is 49.5. The van der Waals surface area contributed by atoms with Crippen molar-refractivity contribution in [3.63, 3.8) is 0 Å². The van der Waals surface area contributed by atoms with Crippen LogP contribution in [0.25, 0.3) is 0 Å². The number of fused-ring (bicyclic) bond motifs is 2. The number of carbonyl (C=O) groups is 2. The van der Waals surface area contributed by atoms with Gasteiger partial charge in [0.25, 0.3) is 5.69 Å². The predicted octanol–water partition coefficient (Wildman–Crippen LogP) is 8.85. The Balaban J connectivity index is 1.41. The number of amides is 1. The molecule has 0 radical (unpaired) electrons. The quantitative estimate of drug-likeness (QED) is 0.0205. The number of aldehydes is 1. The van der Waals surface area contributed by atoms with Crippen LogP contribution in [0.4, 0.5) is 5.69 Å². The number of aliphatic hydroxyl groups is 3. The third kappa shape index (κ3) is 12.3. The number of ether oxygens (including phenoxy) is 5. The molecule has 0 saturated heterocycles. The molecule has 2 saturated carbocycles. The van der Waals surface area contributed by atoms with Crippen LogP contribution in [-0.2, 0) is 25.7 Å². The fourth-order valence-corrected chi connectivity index (χ4v) is 11.2. The molecule has 0 aromatic heterocycles. The van der Waals surface area contributed by atoms with E-state index in [-0.39, 0.29) is 88.6 Å². The minimum Gasteiger partial charge on any atom is -0.496 e. The molecule has 0 spiro atoms. The van der Waals surface area contributed by atoms with Gasteiger partial charge in [0.05, 0.1) is 55.7 Å². The number of rotatable bonds is 28. The first-order valence-corrected chi connectivity index (χ1v) is 24.9. The topological polar surface area (TPSA) is 209 Å². The number of allylic oxidation sites excluding steroid dienone is 1. The molecule has 3 N–H and O–H groups in total. The minimum absolute atomic E-state index is 0.0194. The molecular weight excluding hydrogens is 899 g/mol. The van der Waals surface area contributed by atoms with E-state index < -0.39 is 22.7 Å². The van der Waals surface area contributed by atoms with E-state index in [0.29, 0.717) is 65.0 Å². The number of nitrogens with zero attached hydrogens (tertiary/aromatic N) is 3. The van der Waals surface area contributed by atoms with Crippen molar-refractivity contribution in [3.8, 4) is 23.0 Å². The van der Waals surface area contributed by atoms with Crippen LogP contribution in [0.15, 0.2) is 90.1 Å². The Morgan fingerprint density at radius 2 is 1.70 bits per heavy atom. The SMILES string of the molecule is C=CCOC12Oc3ccc(Oc4ccc(OC)c(C=O)c4)cc3C3C(CCCCO)C(CCCCO)C=C(C(=NOCc4ccc([N+](=O)[O-])cc4)CC1N(CCOCCO)C(=O)CCC1CCCC1)C32. The predicted molar refractivity (Wildman–Crippen MR) is 262 cm³/mol. The minimum atomic E-state index is -1.50. The lowest BCUT2D eigenvalue weighted by molar-refractivity contribution is -0.384. The molecule has 1 aliphatic heterocycles. The highest BCUT2D eigenvalue weighted by Gasteiger charge is 2.65. The van der Waals surface area contributed by atoms with Crippen LogP contribution in [0.3, 0.4) is 0 Å². The third-order valence-electron chi connectivity index (χ3n) is 14.4. The Morgan fingerprint density at radius 1 is 0.957 bits per heavy atom. The van der Waals surface area contributed by atoms with Crippen LogP contribution in [0, 0.1) is 33.8 Å². The largest absolute Gasteiger partial charge is 0.496 e. The molecule has 16 nitrogen and oxygen atoms in total. The van der Waals surface area contributed by atoms with Crippen molar-refractivity contribution >= 4 is 23.6 Å². The third-order valence-corrected chi connectivity index (χ3v) is 14.4. The van der Waals surface area contributed by atoms with E-state index in [9.17, 15) is 30.2 Å². The highest BCUT2D eigenvalue weighted by molar-refractivity contribution is 6.03. The maximum Gasteiger partial charge on any atom is 0.269 e. The fourth-order valence-electron chi connectivity index (χ4n) is 11.2. The zero-order valence-electron chi connectivity index (χ0n) is 40.3. The second kappa shape index (κ2) is 25.5. The number of unbranched alkanes of at least 4 members (excludes halogenated alkanes) is 2. The van der Waals surface area contributed by atoms with Gasteiger partial charge < -0.3 is 48.7 Å². The van der Waals surface area contributed by atoms with Crippen LogP contribution in [0.2, 0.25) is 0 Å². The van der Waals surface area contributed by atoms with Gasteiger partial charge in [-0.1, -0.05) is 55.8 Å². The van der Waals surface area contributed by atoms with E-state index in [1.807, 2.05) is 23.1 Å². The van der Waals surface area contributed by atoms with E-state index in [1.165, 1.54) is 19.2 Å². The molecular formula is C54H69N3O13. The van der Waals surface area contributed by atoms with Gasteiger partial charge in [-0.2, -0.15) is 0 Å². The highest BCUT2D eigenvalue weighted by atomic mass is 16.7. The first-order chi connectivity index (χ1) is 34.2. The number of carbonyl (C=O) groups excluding carboxylic acids is 2. The van der Waals surface area contributed by atoms with Crippen LogP contribution in [0.5, 0.6) is 23.0 Å². The first kappa shape index (κ1) is 52.2. The van der Waals surface area contributed by atoms with Crippen molar-refractivity contribution < 1.29 is 58.4 Å². The van der Waals surface area contributed by atoms with Crippen LogP contribution in [0.1, 0.15) is 111 Å². The van der Waals surface area contributed by atoms with Crippen molar-refractivity contribution in [1.29, 1.82) is 0 Å². The summed E-state index contributed by atoms with van der Waals surface area (Å²) in [6, 6.07) is 16.1. The highest BCUT2D eigenvalue weighted by Crippen LogP contribution is 2.62. The summed E-state index contributed by atoms with van der Waals surface area (Å²) >= 11 is 0. The Labute approximate surface area is 410 Å². The number of hydrogen-bond donors (Lipinski definition) is 3. The lowest BCUT2D eigenvalue weighted by Crippen LogP contribution is -2.70. The van der Waals surface area contributed by atoms with E-state index in [1.54, 1.807) is 36.4 Å². The van der Waals surface area contributed by atoms with Gasteiger partial charge in [-0.15, -0.1) is 6.58 Å². The fraction of sp³-hybridized carbons (Fsp3) is 0.537. The molecule has 3 aliphatic carbocycles. The number of nitro groups is 1. The Morgan fingerprint density at radius 3 is 2.40 bits per heavy atom. The summed E-state index contributed by atoms with van der Waals surface area (Å²) < 4.78 is 32.3. The Kier molecular flexibility index (Phi) is 19.0. The molecule has 3 aromatic carbocycles. The molecule has 3 aromatic rings. The van der Waals surface area contributed by atoms with E-state index in [4.69, 9.17) is 33.7 Å². The monoisotopic (exact) mass is 967 g/mol. The molecule has 2 fully saturated rings. The summed E-state index contributed by atoms with van der Waals surface area (Å²) in [5.41, 5.74) is 3.28. The number of oxime groups is 1. The molecule has 16 heteroatoms. The van der Waals surface area contributed by atoms with Crippen molar-refractivity contribution in [2.24, 2.45) is 28.8 Å². The molecule has 378 valence electrons. The number of methoxy groups -OCH3 is 1. The van der Waals surface area contributed by atoms with Crippen LogP contribution >= 0.6 is 0 Å². The number of hydrogen-bond acceptors (Lipinski definition) is 14. The van der Waals surface area contributed by atoms with Crippen LogP contribution in [-0.4, -0.2) is 108 Å². The Hall–Kier alpha value is -5.65. The van der Waals surface area contributed by atoms with Gasteiger partial charge in [0.15, 0.2) is 6.29 Å². The van der Waals surface area contributed by atoms with E-state index in [2.05, 4.69) is 12.7 Å². The summed E-state index contributed by atoms with van der Waals surface area (Å²) in [7, 11) is 1.50. The summed E-state index contributed by atoms with van der Waals surface area (Å²) in [6.07, 6.45) is 14.5. The lowest BCUT2D eigenvalue weighted by Gasteiger charge is -2.60. The number of nitro benzene ring substituents is 1. The second-order valence-electron chi connectivity index (χ2n) is 18.7. The molecule has 7 rings (SSSR count). The molecule has 6 atom stereocenters. The molecule has 1 heterocycles. The summed E-state index contributed by atoms with van der Waals surface area (Å²) in [5.74, 6) is -0.217. The maximum atomic E-state index is 15.0. The van der Waals surface area contributed by atoms with Crippen molar-refractivity contribution in [3.05, 3.63) is 112 Å². The lowest BCUT2D eigenvalue weighted by atomic mass is 9.55. The van der Waals surface area contributed by atoms with E-state index in [0.717, 1.165) is 75.2 Å². The van der Waals surface area contributed by atoms with Crippen molar-refractivity contribution in [2.75, 3.05) is 53.3 Å². The van der Waals surface area contributed by atoms with Crippen LogP contribution < -0.4 is 14.2 Å². The summed E-state index contributed by atoms with van der Waals surface area (Å²) in [4.78, 5) is 46.1. The molecule has 70 heavy (non-hydrogen) atoms. The summed E-state index contributed by atoms with van der Waals surface area (Å²) in [5, 5.41) is 46.1. The van der Waals surface area contributed by atoms with E-state index >= 15 is 4.79 Å². The average molecular weight is 968 g/mol. The number of aliphatic hydroxyl groups excluding tert-OH is 3. The standard InChI is InChI=1S/C54H69N3O13/c1-3-28-67-54-50(56(24-29-66-30-27-60)51(62)23-16-37-10-4-5-11-37)34-47(55-68-36-38-14-17-41(18-15-38)57(63)64)45-32-39(12-6-8-25-58)44(13-7-9-26-59)52(53(45)54)46-33-43(20-22-49(46)70-54)69-42-19-21-48(65-2)40(31-42)35-61/h3,14-15,17-22,31-33,35,37,39,44,50,52-53,58-60H,1,4-13,16,23-30,34,36H2,2H3. The zero-order valence-corrected chi connectivity index (χ0v) is 40.3. The molecule has 0 bridgehead atoms. The summed E-state index contributed by atoms with van der Waals surface area (Å²) in [6.45, 7) is 4.49. The molecule has 1 amide bonds. The Bertz CT molecular complexity index is 2300. The first-order valence-electron chi connectivity index (χ1n) is 24.9.